The highest BCUT2D eigenvalue weighted by atomic mass is 19.4. The Bertz CT molecular complexity index is 1100. The lowest BCUT2D eigenvalue weighted by atomic mass is 9.65. The smallest absolute Gasteiger partial charge is 0.378 e. The Morgan fingerprint density at radius 2 is 1.40 bits per heavy atom. The first-order chi connectivity index (χ1) is 16.6. The quantitative estimate of drug-likeness (QED) is 0.311. The lowest BCUT2D eigenvalue weighted by molar-refractivity contribution is -0.142. The summed E-state index contributed by atoms with van der Waals surface area (Å²) in [6, 6.07) is 3.25. The maximum absolute atomic E-state index is 14.8. The highest BCUT2D eigenvalue weighted by Gasteiger charge is 2.38. The second-order valence-electron chi connectivity index (χ2n) is 9.34. The highest BCUT2D eigenvalue weighted by molar-refractivity contribution is 5.46. The fourth-order valence-corrected chi connectivity index (χ4v) is 5.53. The minimum absolute atomic E-state index is 0.0176. The van der Waals surface area contributed by atoms with Gasteiger partial charge in [-0.3, -0.25) is 0 Å². The molecule has 0 saturated heterocycles. The Labute approximate surface area is 199 Å². The molecular formula is C27H25F7O. The first-order valence-corrected chi connectivity index (χ1v) is 11.8. The van der Waals surface area contributed by atoms with Gasteiger partial charge in [0.2, 0.25) is 0 Å². The lowest BCUT2D eigenvalue weighted by Crippen LogP contribution is -2.33. The Hall–Kier alpha value is -2.53. The second kappa shape index (κ2) is 10.2. The number of halogens is 7. The molecule has 4 rings (SSSR count). The van der Waals surface area contributed by atoms with Crippen LogP contribution in [0.15, 0.2) is 24.3 Å². The fraction of sp³-hybridized carbons (Fsp3) is 0.481. The average molecular weight is 498 g/mol. The van der Waals surface area contributed by atoms with E-state index in [1.807, 2.05) is 6.92 Å². The maximum Gasteiger partial charge on any atom is 0.422 e. The monoisotopic (exact) mass is 498 g/mol. The average Bonchev–Trinajstić information content (AvgIpc) is 2.77. The van der Waals surface area contributed by atoms with Gasteiger partial charge in [-0.05, 0) is 93.0 Å². The van der Waals surface area contributed by atoms with Gasteiger partial charge in [0, 0.05) is 12.2 Å². The molecule has 8 heteroatoms. The van der Waals surface area contributed by atoms with E-state index in [1.54, 1.807) is 0 Å². The molecule has 0 N–H and O–H groups in total. The lowest BCUT2D eigenvalue weighted by Gasteiger charge is -2.42. The van der Waals surface area contributed by atoms with Crippen LogP contribution >= 0.6 is 0 Å². The molecule has 35 heavy (non-hydrogen) atoms. The Morgan fingerprint density at radius 3 is 2.00 bits per heavy atom. The van der Waals surface area contributed by atoms with Crippen molar-refractivity contribution in [1.29, 1.82) is 0 Å². The summed E-state index contributed by atoms with van der Waals surface area (Å²) >= 11 is 0. The third-order valence-electron chi connectivity index (χ3n) is 7.16. The molecule has 0 amide bonds. The highest BCUT2D eigenvalue weighted by Crippen LogP contribution is 2.47. The van der Waals surface area contributed by atoms with E-state index in [-0.39, 0.29) is 12.0 Å². The zero-order valence-electron chi connectivity index (χ0n) is 19.1. The predicted octanol–water partition coefficient (Wildman–Crippen LogP) is 7.75. The summed E-state index contributed by atoms with van der Waals surface area (Å²) in [6.45, 7) is 2.68. The normalized spacial score (nSPS) is 24.5. The van der Waals surface area contributed by atoms with E-state index in [2.05, 4.69) is 11.8 Å². The van der Waals surface area contributed by atoms with Crippen LogP contribution in [0.3, 0.4) is 0 Å². The van der Waals surface area contributed by atoms with Crippen LogP contribution in [0.2, 0.25) is 0 Å². The van der Waals surface area contributed by atoms with Gasteiger partial charge < -0.3 is 4.74 Å². The summed E-state index contributed by atoms with van der Waals surface area (Å²) in [5.74, 6) is -0.117. The van der Waals surface area contributed by atoms with E-state index in [9.17, 15) is 30.7 Å². The van der Waals surface area contributed by atoms with Crippen molar-refractivity contribution in [2.45, 2.75) is 63.6 Å². The molecule has 2 fully saturated rings. The van der Waals surface area contributed by atoms with Crippen molar-refractivity contribution < 1.29 is 35.5 Å². The van der Waals surface area contributed by atoms with Crippen molar-refractivity contribution in [3.8, 4) is 11.8 Å². The van der Waals surface area contributed by atoms with Crippen LogP contribution < -0.4 is 0 Å². The molecule has 0 aromatic heterocycles. The minimum atomic E-state index is -5.21. The standard InChI is InChI=1S/C27H25F7O/c1-2-35-20-7-6-16-11-17(4-5-18(16)12-20)19-13-22(28)21(23(29)14-19)8-3-15-9-24(30)26(25(31)10-15)27(32,33)34/h9-10,13-14,16-18,20H,2,4-7,11-12H2,1H3. The number of rotatable bonds is 3. The van der Waals surface area contributed by atoms with Gasteiger partial charge in [0.15, 0.2) is 0 Å². The zero-order valence-corrected chi connectivity index (χ0v) is 19.1. The molecule has 0 bridgehead atoms. The van der Waals surface area contributed by atoms with Crippen LogP contribution in [0.1, 0.15) is 73.6 Å². The molecule has 2 aromatic carbocycles. The van der Waals surface area contributed by atoms with Gasteiger partial charge in [-0.1, -0.05) is 11.8 Å². The molecule has 2 aliphatic carbocycles. The van der Waals surface area contributed by atoms with Crippen molar-refractivity contribution in [3.05, 3.63) is 69.8 Å². The van der Waals surface area contributed by atoms with Gasteiger partial charge in [-0.15, -0.1) is 0 Å². The van der Waals surface area contributed by atoms with Crippen LogP contribution in [0.5, 0.6) is 0 Å². The molecular weight excluding hydrogens is 473 g/mol. The number of ether oxygens (including phenoxy) is 1. The first-order valence-electron chi connectivity index (χ1n) is 11.8. The van der Waals surface area contributed by atoms with E-state index >= 15 is 0 Å². The van der Waals surface area contributed by atoms with Gasteiger partial charge in [0.25, 0.3) is 0 Å². The molecule has 0 aliphatic heterocycles. The van der Waals surface area contributed by atoms with Crippen molar-refractivity contribution in [2.75, 3.05) is 6.61 Å². The summed E-state index contributed by atoms with van der Waals surface area (Å²) < 4.78 is 101. The Kier molecular flexibility index (Phi) is 7.46. The molecule has 2 aliphatic rings. The number of benzene rings is 2. The third kappa shape index (κ3) is 5.66. The summed E-state index contributed by atoms with van der Waals surface area (Å²) in [5, 5.41) is 0. The zero-order chi connectivity index (χ0) is 25.3. The molecule has 0 radical (unpaired) electrons. The van der Waals surface area contributed by atoms with Crippen LogP contribution in [-0.2, 0) is 10.9 Å². The van der Waals surface area contributed by atoms with Gasteiger partial charge in [0.05, 0.1) is 11.7 Å². The third-order valence-corrected chi connectivity index (χ3v) is 7.16. The maximum atomic E-state index is 14.8. The summed E-state index contributed by atoms with van der Waals surface area (Å²) in [4.78, 5) is 0. The Morgan fingerprint density at radius 1 is 0.800 bits per heavy atom. The molecule has 2 saturated carbocycles. The van der Waals surface area contributed by atoms with Crippen molar-refractivity contribution in [1.82, 2.24) is 0 Å². The largest absolute Gasteiger partial charge is 0.422 e. The van der Waals surface area contributed by atoms with E-state index in [1.165, 1.54) is 12.1 Å². The SMILES string of the molecule is CCOC1CCC2CC(c3cc(F)c(C#Cc4cc(F)c(C(F)(F)F)c(F)c4)c(F)c3)CCC2C1. The second-order valence-corrected chi connectivity index (χ2v) is 9.34. The number of hydrogen-bond donors (Lipinski definition) is 0. The molecule has 188 valence electrons. The van der Waals surface area contributed by atoms with E-state index < -0.39 is 46.1 Å². The number of alkyl halides is 3. The molecule has 0 heterocycles. The number of fused-ring (bicyclic) bond motifs is 1. The molecule has 1 nitrogen and oxygen atoms in total. The molecule has 4 unspecified atom stereocenters. The summed E-state index contributed by atoms with van der Waals surface area (Å²) in [7, 11) is 0. The van der Waals surface area contributed by atoms with Crippen LogP contribution in [0.4, 0.5) is 30.7 Å². The topological polar surface area (TPSA) is 9.23 Å². The van der Waals surface area contributed by atoms with E-state index in [0.717, 1.165) is 38.5 Å². The van der Waals surface area contributed by atoms with Crippen LogP contribution in [0, 0.1) is 46.9 Å². The van der Waals surface area contributed by atoms with Gasteiger partial charge in [-0.2, -0.15) is 13.2 Å². The number of hydrogen-bond acceptors (Lipinski definition) is 1. The molecule has 4 atom stereocenters. The van der Waals surface area contributed by atoms with E-state index in [0.29, 0.717) is 36.1 Å². The van der Waals surface area contributed by atoms with Crippen molar-refractivity contribution in [2.24, 2.45) is 11.8 Å². The van der Waals surface area contributed by atoms with E-state index in [4.69, 9.17) is 4.74 Å². The molecule has 0 spiro atoms. The van der Waals surface area contributed by atoms with Crippen molar-refractivity contribution >= 4 is 0 Å². The van der Waals surface area contributed by atoms with Crippen LogP contribution in [0.25, 0.3) is 0 Å². The Balaban J connectivity index is 1.51. The first kappa shape index (κ1) is 25.6. The van der Waals surface area contributed by atoms with Crippen LogP contribution in [-0.4, -0.2) is 12.7 Å². The van der Waals surface area contributed by atoms with Gasteiger partial charge in [-0.25, -0.2) is 17.6 Å². The predicted molar refractivity (Wildman–Crippen MR) is 117 cm³/mol. The minimum Gasteiger partial charge on any atom is -0.378 e. The summed E-state index contributed by atoms with van der Waals surface area (Å²) in [5.41, 5.74) is -2.55. The van der Waals surface area contributed by atoms with Gasteiger partial charge >= 0.3 is 6.18 Å². The summed E-state index contributed by atoms with van der Waals surface area (Å²) in [6.07, 6.45) is 0.742. The fourth-order valence-electron chi connectivity index (χ4n) is 5.53. The molecule has 2 aromatic rings. The van der Waals surface area contributed by atoms with Crippen molar-refractivity contribution in [3.63, 3.8) is 0 Å². The van der Waals surface area contributed by atoms with Gasteiger partial charge in [0.1, 0.15) is 28.8 Å².